The number of hydrogen-bond acceptors (Lipinski definition) is 2. The van der Waals surface area contributed by atoms with Crippen LogP contribution in [-0.4, -0.2) is 11.4 Å². The van der Waals surface area contributed by atoms with Gasteiger partial charge in [-0.25, -0.2) is 0 Å². The average Bonchev–Trinajstić information content (AvgIpc) is 2.04. The summed E-state index contributed by atoms with van der Waals surface area (Å²) in [6.45, 7) is 3.32. The smallest absolute Gasteiger partial charge is 0.243 e. The van der Waals surface area contributed by atoms with E-state index in [9.17, 15) is 4.79 Å². The van der Waals surface area contributed by atoms with Crippen LogP contribution in [0.4, 0.5) is 5.69 Å². The highest BCUT2D eigenvalue weighted by Crippen LogP contribution is 2.07. The van der Waals surface area contributed by atoms with E-state index in [0.717, 1.165) is 0 Å². The predicted molar refractivity (Wildman–Crippen MR) is 52.2 cm³/mol. The van der Waals surface area contributed by atoms with E-state index >= 15 is 0 Å². The first-order chi connectivity index (χ1) is 6.00. The van der Waals surface area contributed by atoms with Crippen LogP contribution in [0.25, 0.3) is 0 Å². The fourth-order valence-electron chi connectivity index (χ4n) is 0.763. The van der Waals surface area contributed by atoms with Crippen molar-refractivity contribution in [3.05, 3.63) is 30.3 Å². The number of carbonyl (C=O) groups is 1. The minimum absolute atomic E-state index is 0.202. The van der Waals surface area contributed by atoms with E-state index < -0.39 is 5.54 Å². The number of hydrogen-bond donors (Lipinski definition) is 2. The topological polar surface area (TPSA) is 55.1 Å². The first kappa shape index (κ1) is 9.74. The summed E-state index contributed by atoms with van der Waals surface area (Å²) in [6.07, 6.45) is 0. The van der Waals surface area contributed by atoms with E-state index in [0.29, 0.717) is 5.69 Å². The third kappa shape index (κ3) is 2.87. The molecular formula is C10H13N2O. The molecule has 0 aliphatic carbocycles. The molecule has 0 spiro atoms. The lowest BCUT2D eigenvalue weighted by Gasteiger charge is -2.17. The Morgan fingerprint density at radius 3 is 2.77 bits per heavy atom. The molecule has 3 nitrogen and oxygen atoms in total. The number of anilines is 1. The molecule has 0 saturated heterocycles. The summed E-state index contributed by atoms with van der Waals surface area (Å²) in [4.78, 5) is 11.4. The Labute approximate surface area is 77.9 Å². The number of carbonyl (C=O) groups excluding carboxylic acids is 1. The van der Waals surface area contributed by atoms with Gasteiger partial charge < -0.3 is 11.1 Å². The molecule has 3 heteroatoms. The van der Waals surface area contributed by atoms with Crippen molar-refractivity contribution >= 4 is 11.6 Å². The van der Waals surface area contributed by atoms with Crippen LogP contribution in [0.15, 0.2) is 24.3 Å². The van der Waals surface area contributed by atoms with Crippen molar-refractivity contribution < 1.29 is 4.79 Å². The number of rotatable bonds is 2. The predicted octanol–water partition coefficient (Wildman–Crippen LogP) is 1.16. The van der Waals surface area contributed by atoms with Crippen LogP contribution in [0.1, 0.15) is 13.8 Å². The van der Waals surface area contributed by atoms with E-state index in [1.54, 1.807) is 38.1 Å². The summed E-state index contributed by atoms with van der Waals surface area (Å²) >= 11 is 0. The van der Waals surface area contributed by atoms with Crippen LogP contribution in [0.5, 0.6) is 0 Å². The molecule has 0 unspecified atom stereocenters. The Hall–Kier alpha value is -1.35. The maximum absolute atomic E-state index is 11.4. The molecule has 0 aromatic heterocycles. The van der Waals surface area contributed by atoms with Gasteiger partial charge in [-0.05, 0) is 32.0 Å². The number of nitrogens with one attached hydrogen (secondary N) is 1. The second kappa shape index (κ2) is 3.58. The number of amides is 1. The van der Waals surface area contributed by atoms with Gasteiger partial charge in [0, 0.05) is 5.69 Å². The van der Waals surface area contributed by atoms with Gasteiger partial charge in [0.15, 0.2) is 0 Å². The fourth-order valence-corrected chi connectivity index (χ4v) is 0.763. The summed E-state index contributed by atoms with van der Waals surface area (Å²) < 4.78 is 0. The summed E-state index contributed by atoms with van der Waals surface area (Å²) in [5, 5.41) is 2.69. The van der Waals surface area contributed by atoms with Gasteiger partial charge >= 0.3 is 0 Å². The number of nitrogens with two attached hydrogens (primary N) is 1. The third-order valence-electron chi connectivity index (χ3n) is 1.55. The zero-order chi connectivity index (χ0) is 9.90. The Morgan fingerprint density at radius 1 is 1.62 bits per heavy atom. The van der Waals surface area contributed by atoms with E-state index in [2.05, 4.69) is 11.4 Å². The van der Waals surface area contributed by atoms with Gasteiger partial charge in [0.2, 0.25) is 5.91 Å². The minimum Gasteiger partial charge on any atom is -0.324 e. The summed E-state index contributed by atoms with van der Waals surface area (Å²) in [6, 6.07) is 9.92. The standard InChI is InChI=1S/C10H13N2O/c1-10(2,11)9(13)12-8-6-4-3-5-7-8/h3-4,6-7H,11H2,1-2H3,(H,12,13). The highest BCUT2D eigenvalue weighted by atomic mass is 16.2. The lowest BCUT2D eigenvalue weighted by atomic mass is 10.1. The Bertz CT molecular complexity index is 288. The van der Waals surface area contributed by atoms with Gasteiger partial charge in [0.05, 0.1) is 5.54 Å². The van der Waals surface area contributed by atoms with Gasteiger partial charge in [0.25, 0.3) is 0 Å². The lowest BCUT2D eigenvalue weighted by molar-refractivity contribution is -0.120. The van der Waals surface area contributed by atoms with Crippen molar-refractivity contribution in [3.8, 4) is 0 Å². The normalized spacial score (nSPS) is 11.0. The van der Waals surface area contributed by atoms with Crippen molar-refractivity contribution in [2.75, 3.05) is 5.32 Å². The van der Waals surface area contributed by atoms with E-state index in [4.69, 9.17) is 5.73 Å². The molecule has 69 valence electrons. The van der Waals surface area contributed by atoms with Crippen molar-refractivity contribution in [2.24, 2.45) is 5.73 Å². The summed E-state index contributed by atoms with van der Waals surface area (Å²) in [7, 11) is 0. The zero-order valence-electron chi connectivity index (χ0n) is 7.79. The molecule has 1 amide bonds. The van der Waals surface area contributed by atoms with Crippen LogP contribution < -0.4 is 11.1 Å². The van der Waals surface area contributed by atoms with Crippen LogP contribution >= 0.6 is 0 Å². The molecule has 0 aliphatic heterocycles. The Morgan fingerprint density at radius 2 is 2.31 bits per heavy atom. The second-order valence-corrected chi connectivity index (χ2v) is 3.47. The molecule has 0 fully saturated rings. The van der Waals surface area contributed by atoms with Crippen LogP contribution in [0.2, 0.25) is 0 Å². The molecule has 0 bridgehead atoms. The molecule has 13 heavy (non-hydrogen) atoms. The van der Waals surface area contributed by atoms with Crippen LogP contribution in [0, 0.1) is 6.07 Å². The average molecular weight is 177 g/mol. The first-order valence-corrected chi connectivity index (χ1v) is 4.06. The number of benzene rings is 1. The molecule has 0 heterocycles. The molecule has 0 aliphatic rings. The second-order valence-electron chi connectivity index (χ2n) is 3.47. The molecule has 1 radical (unpaired) electrons. The van der Waals surface area contributed by atoms with Gasteiger partial charge in [-0.1, -0.05) is 12.1 Å². The first-order valence-electron chi connectivity index (χ1n) is 4.06. The van der Waals surface area contributed by atoms with Crippen molar-refractivity contribution in [2.45, 2.75) is 19.4 Å². The van der Waals surface area contributed by atoms with Gasteiger partial charge in [-0.2, -0.15) is 0 Å². The molecule has 3 N–H and O–H groups in total. The molecule has 1 aromatic carbocycles. The maximum Gasteiger partial charge on any atom is 0.243 e. The van der Waals surface area contributed by atoms with Crippen molar-refractivity contribution in [1.82, 2.24) is 0 Å². The minimum atomic E-state index is -0.851. The van der Waals surface area contributed by atoms with E-state index in [-0.39, 0.29) is 5.91 Å². The van der Waals surface area contributed by atoms with Gasteiger partial charge in [0.1, 0.15) is 0 Å². The highest BCUT2D eigenvalue weighted by molar-refractivity contribution is 5.97. The third-order valence-corrected chi connectivity index (χ3v) is 1.55. The summed E-state index contributed by atoms with van der Waals surface area (Å²) in [5.74, 6) is -0.202. The van der Waals surface area contributed by atoms with E-state index in [1.165, 1.54) is 0 Å². The lowest BCUT2D eigenvalue weighted by Crippen LogP contribution is -2.45. The molecule has 1 rings (SSSR count). The fraction of sp³-hybridized carbons (Fsp3) is 0.300. The monoisotopic (exact) mass is 177 g/mol. The van der Waals surface area contributed by atoms with Gasteiger partial charge in [-0.3, -0.25) is 4.79 Å². The Kier molecular flexibility index (Phi) is 2.68. The molecule has 0 saturated carbocycles. The van der Waals surface area contributed by atoms with Crippen LogP contribution in [0.3, 0.4) is 0 Å². The SMILES string of the molecule is CC(C)(N)C(=O)Nc1c[c]ccc1. The zero-order valence-corrected chi connectivity index (χ0v) is 7.79. The summed E-state index contributed by atoms with van der Waals surface area (Å²) in [5.41, 5.74) is 5.47. The van der Waals surface area contributed by atoms with Crippen molar-refractivity contribution in [3.63, 3.8) is 0 Å². The van der Waals surface area contributed by atoms with Crippen LogP contribution in [-0.2, 0) is 4.79 Å². The quantitative estimate of drug-likeness (QED) is 0.712. The Balaban J connectivity index is 2.66. The molecule has 1 aromatic rings. The largest absolute Gasteiger partial charge is 0.324 e. The van der Waals surface area contributed by atoms with E-state index in [1.807, 2.05) is 0 Å². The molecular weight excluding hydrogens is 164 g/mol. The van der Waals surface area contributed by atoms with Gasteiger partial charge in [-0.15, -0.1) is 0 Å². The van der Waals surface area contributed by atoms with Crippen molar-refractivity contribution in [1.29, 1.82) is 0 Å². The maximum atomic E-state index is 11.4. The highest BCUT2D eigenvalue weighted by Gasteiger charge is 2.21. The molecule has 0 atom stereocenters.